The maximum absolute atomic E-state index is 12.0. The third kappa shape index (κ3) is 6.08. The predicted octanol–water partition coefficient (Wildman–Crippen LogP) is 5.10. The molecule has 0 saturated carbocycles. The van der Waals surface area contributed by atoms with Gasteiger partial charge in [-0.15, -0.1) is 0 Å². The summed E-state index contributed by atoms with van der Waals surface area (Å²) in [6.07, 6.45) is 3.90. The van der Waals surface area contributed by atoms with E-state index in [0.717, 1.165) is 41.2 Å². The van der Waals surface area contributed by atoms with Gasteiger partial charge in [0.2, 0.25) is 0 Å². The summed E-state index contributed by atoms with van der Waals surface area (Å²) >= 11 is 0. The van der Waals surface area contributed by atoms with Gasteiger partial charge in [0.1, 0.15) is 5.82 Å². The largest absolute Gasteiger partial charge is 0.294 e. The second-order valence-electron chi connectivity index (χ2n) is 7.09. The SMILES string of the molecule is CCC(=O)c1cccc(Cc2cc(CCCC#N)nc(Cc3ccccc3)n2)c1. The van der Waals surface area contributed by atoms with Crippen LogP contribution in [0.1, 0.15) is 64.9 Å². The number of Topliss-reactive ketones (excluding diaryl/α,β-unsaturated/α-hetero) is 1. The van der Waals surface area contributed by atoms with Crippen molar-refractivity contribution in [3.8, 4) is 6.07 Å². The lowest BCUT2D eigenvalue weighted by Gasteiger charge is -2.09. The van der Waals surface area contributed by atoms with Gasteiger partial charge in [0.25, 0.3) is 0 Å². The highest BCUT2D eigenvalue weighted by atomic mass is 16.1. The molecule has 0 fully saturated rings. The van der Waals surface area contributed by atoms with E-state index in [1.54, 1.807) is 0 Å². The fourth-order valence-corrected chi connectivity index (χ4v) is 3.31. The van der Waals surface area contributed by atoms with E-state index in [-0.39, 0.29) is 5.78 Å². The van der Waals surface area contributed by atoms with Crippen molar-refractivity contribution in [1.29, 1.82) is 5.26 Å². The Kier molecular flexibility index (Phi) is 7.24. The molecule has 29 heavy (non-hydrogen) atoms. The molecule has 3 aromatic rings. The summed E-state index contributed by atoms with van der Waals surface area (Å²) in [5, 5.41) is 8.82. The molecule has 0 spiro atoms. The van der Waals surface area contributed by atoms with Crippen LogP contribution in [0.3, 0.4) is 0 Å². The molecule has 4 nitrogen and oxygen atoms in total. The van der Waals surface area contributed by atoms with Crippen molar-refractivity contribution in [3.63, 3.8) is 0 Å². The van der Waals surface area contributed by atoms with E-state index in [1.165, 1.54) is 5.56 Å². The minimum absolute atomic E-state index is 0.150. The maximum atomic E-state index is 12.0. The average Bonchev–Trinajstić information content (AvgIpc) is 2.74. The number of rotatable bonds is 9. The molecule has 0 saturated heterocycles. The maximum Gasteiger partial charge on any atom is 0.162 e. The van der Waals surface area contributed by atoms with Gasteiger partial charge in [0.15, 0.2) is 5.78 Å². The van der Waals surface area contributed by atoms with E-state index in [9.17, 15) is 4.79 Å². The molecule has 0 unspecified atom stereocenters. The van der Waals surface area contributed by atoms with Gasteiger partial charge < -0.3 is 0 Å². The van der Waals surface area contributed by atoms with Crippen molar-refractivity contribution >= 4 is 5.78 Å². The standard InChI is InChI=1S/C25H25N3O/c1-2-24(29)21-12-8-11-20(15-21)16-23-18-22(13-6-7-14-26)27-25(28-23)17-19-9-4-3-5-10-19/h3-5,8-12,15,18H,2,6-7,13,16-17H2,1H3. The molecule has 0 aliphatic carbocycles. The van der Waals surface area contributed by atoms with Crippen molar-refractivity contribution in [1.82, 2.24) is 9.97 Å². The molecule has 0 radical (unpaired) electrons. The highest BCUT2D eigenvalue weighted by Crippen LogP contribution is 2.15. The highest BCUT2D eigenvalue weighted by Gasteiger charge is 2.09. The summed E-state index contributed by atoms with van der Waals surface area (Å²) in [5.74, 6) is 0.943. The third-order valence-electron chi connectivity index (χ3n) is 4.76. The number of hydrogen-bond donors (Lipinski definition) is 0. The zero-order chi connectivity index (χ0) is 20.5. The van der Waals surface area contributed by atoms with Gasteiger partial charge in [-0.25, -0.2) is 9.97 Å². The monoisotopic (exact) mass is 383 g/mol. The minimum atomic E-state index is 0.150. The van der Waals surface area contributed by atoms with Crippen LogP contribution in [-0.4, -0.2) is 15.8 Å². The first-order chi connectivity index (χ1) is 14.2. The summed E-state index contributed by atoms with van der Waals surface area (Å²) in [7, 11) is 0. The van der Waals surface area contributed by atoms with Gasteiger partial charge in [0.05, 0.1) is 6.07 Å². The molecule has 3 rings (SSSR count). The van der Waals surface area contributed by atoms with Crippen LogP contribution < -0.4 is 0 Å². The summed E-state index contributed by atoms with van der Waals surface area (Å²) in [5.41, 5.74) is 4.90. The van der Waals surface area contributed by atoms with Crippen LogP contribution in [0.4, 0.5) is 0 Å². The Labute approximate surface area is 172 Å². The Balaban J connectivity index is 1.86. The number of aromatic nitrogens is 2. The topological polar surface area (TPSA) is 66.6 Å². The zero-order valence-corrected chi connectivity index (χ0v) is 16.8. The van der Waals surface area contributed by atoms with Gasteiger partial charge in [-0.2, -0.15) is 5.26 Å². The molecule has 0 atom stereocenters. The molecule has 0 aliphatic heterocycles. The average molecular weight is 383 g/mol. The summed E-state index contributed by atoms with van der Waals surface area (Å²) in [6.45, 7) is 1.88. The van der Waals surface area contributed by atoms with Gasteiger partial charge >= 0.3 is 0 Å². The van der Waals surface area contributed by atoms with Crippen LogP contribution in [0.5, 0.6) is 0 Å². The Morgan fingerprint density at radius 1 is 0.931 bits per heavy atom. The lowest BCUT2D eigenvalue weighted by Crippen LogP contribution is -2.06. The molecule has 0 amide bonds. The molecular formula is C25H25N3O. The fourth-order valence-electron chi connectivity index (χ4n) is 3.31. The number of benzene rings is 2. The summed E-state index contributed by atoms with van der Waals surface area (Å²) in [4.78, 5) is 21.5. The summed E-state index contributed by atoms with van der Waals surface area (Å²) in [6, 6.07) is 22.2. The first-order valence-electron chi connectivity index (χ1n) is 10.1. The molecule has 2 aromatic carbocycles. The van der Waals surface area contributed by atoms with Crippen LogP contribution in [0.2, 0.25) is 0 Å². The van der Waals surface area contributed by atoms with Crippen LogP contribution in [0.15, 0.2) is 60.7 Å². The van der Waals surface area contributed by atoms with Crippen molar-refractivity contribution < 1.29 is 4.79 Å². The second kappa shape index (κ2) is 10.3. The molecule has 1 aromatic heterocycles. The molecular weight excluding hydrogens is 358 g/mol. The number of nitrogens with zero attached hydrogens (tertiary/aromatic N) is 3. The van der Waals surface area contributed by atoms with E-state index < -0.39 is 0 Å². The lowest BCUT2D eigenvalue weighted by atomic mass is 10.0. The highest BCUT2D eigenvalue weighted by molar-refractivity contribution is 5.95. The lowest BCUT2D eigenvalue weighted by molar-refractivity contribution is 0.0988. The Morgan fingerprint density at radius 3 is 2.45 bits per heavy atom. The van der Waals surface area contributed by atoms with E-state index in [4.69, 9.17) is 15.2 Å². The van der Waals surface area contributed by atoms with E-state index in [0.29, 0.717) is 25.7 Å². The van der Waals surface area contributed by atoms with Crippen molar-refractivity contribution in [2.75, 3.05) is 0 Å². The fraction of sp³-hybridized carbons (Fsp3) is 0.280. The molecule has 1 heterocycles. The smallest absolute Gasteiger partial charge is 0.162 e. The normalized spacial score (nSPS) is 10.5. The van der Waals surface area contributed by atoms with Gasteiger partial charge in [0, 0.05) is 42.6 Å². The van der Waals surface area contributed by atoms with E-state index in [2.05, 4.69) is 18.2 Å². The summed E-state index contributed by atoms with van der Waals surface area (Å²) < 4.78 is 0. The number of aryl methyl sites for hydroxylation is 1. The molecule has 0 N–H and O–H groups in total. The number of unbranched alkanes of at least 4 members (excludes halogenated alkanes) is 1. The van der Waals surface area contributed by atoms with E-state index >= 15 is 0 Å². The third-order valence-corrected chi connectivity index (χ3v) is 4.76. The van der Waals surface area contributed by atoms with Gasteiger partial charge in [-0.05, 0) is 36.1 Å². The minimum Gasteiger partial charge on any atom is -0.294 e. The Hall–Kier alpha value is -3.32. The quantitative estimate of drug-likeness (QED) is 0.381. The van der Waals surface area contributed by atoms with Gasteiger partial charge in [-0.3, -0.25) is 4.79 Å². The van der Waals surface area contributed by atoms with Gasteiger partial charge in [-0.1, -0.05) is 55.5 Å². The first kappa shape index (κ1) is 20.4. The molecule has 0 bridgehead atoms. The van der Waals surface area contributed by atoms with Crippen LogP contribution in [0.25, 0.3) is 0 Å². The van der Waals surface area contributed by atoms with Crippen molar-refractivity contribution in [2.24, 2.45) is 0 Å². The number of carbonyl (C=O) groups excluding carboxylic acids is 1. The zero-order valence-electron chi connectivity index (χ0n) is 16.8. The van der Waals surface area contributed by atoms with Crippen LogP contribution >= 0.6 is 0 Å². The van der Waals surface area contributed by atoms with Crippen molar-refractivity contribution in [3.05, 3.63) is 94.6 Å². The van der Waals surface area contributed by atoms with Crippen molar-refractivity contribution in [2.45, 2.75) is 45.4 Å². The molecule has 0 aliphatic rings. The molecule has 4 heteroatoms. The Bertz CT molecular complexity index is 1010. The number of carbonyl (C=O) groups is 1. The van der Waals surface area contributed by atoms with E-state index in [1.807, 2.05) is 55.5 Å². The molecule has 146 valence electrons. The predicted molar refractivity (Wildman–Crippen MR) is 114 cm³/mol. The number of hydrogen-bond acceptors (Lipinski definition) is 4. The van der Waals surface area contributed by atoms with Crippen LogP contribution in [0, 0.1) is 11.3 Å². The second-order valence-corrected chi connectivity index (χ2v) is 7.09. The Morgan fingerprint density at radius 2 is 1.69 bits per heavy atom. The first-order valence-corrected chi connectivity index (χ1v) is 10.1. The number of ketones is 1. The van der Waals surface area contributed by atoms with Crippen LogP contribution in [-0.2, 0) is 19.3 Å². The number of nitriles is 1.